The molecule has 1 aliphatic heterocycles. The molecule has 5 heterocycles. The van der Waals surface area contributed by atoms with E-state index in [9.17, 15) is 0 Å². The van der Waals surface area contributed by atoms with Gasteiger partial charge in [0, 0.05) is 47.1 Å². The topological polar surface area (TPSA) is 106 Å². The summed E-state index contributed by atoms with van der Waals surface area (Å²) in [6, 6.07) is 26.7. The van der Waals surface area contributed by atoms with Crippen LogP contribution in [0.1, 0.15) is 18.9 Å². The Bertz CT molecular complexity index is 1820. The maximum atomic E-state index is 5.54. The lowest BCUT2D eigenvalue weighted by Gasteiger charge is -2.22. The molecule has 0 radical (unpaired) electrons. The highest BCUT2D eigenvalue weighted by atomic mass is 15.3. The third-order valence-corrected chi connectivity index (χ3v) is 7.19. The van der Waals surface area contributed by atoms with Crippen LogP contribution < -0.4 is 10.6 Å². The molecule has 1 fully saturated rings. The number of pyridine rings is 1. The van der Waals surface area contributed by atoms with E-state index < -0.39 is 0 Å². The van der Waals surface area contributed by atoms with E-state index in [1.54, 1.807) is 0 Å². The number of hydrogen-bond donors (Lipinski definition) is 2. The van der Waals surface area contributed by atoms with Crippen molar-refractivity contribution in [1.29, 1.82) is 0 Å². The number of anilines is 2. The molecule has 0 atom stereocenters. The van der Waals surface area contributed by atoms with Gasteiger partial charge in [0.1, 0.15) is 23.7 Å². The number of benzene rings is 2. The Morgan fingerprint density at radius 1 is 0.878 bits per heavy atom. The van der Waals surface area contributed by atoms with Crippen molar-refractivity contribution >= 4 is 28.2 Å². The molecule has 3 N–H and O–H groups in total. The largest absolute Gasteiger partial charge is 0.385 e. The average Bonchev–Trinajstić information content (AvgIpc) is 3.39. The second-order valence-corrected chi connectivity index (χ2v) is 10.1. The molecular weight excluding hydrogens is 510 g/mol. The fourth-order valence-corrected chi connectivity index (χ4v) is 4.92. The number of nitrogens with two attached hydrogens (primary N) is 1. The van der Waals surface area contributed by atoms with Gasteiger partial charge in [0.25, 0.3) is 0 Å². The van der Waals surface area contributed by atoms with Crippen molar-refractivity contribution in [2.45, 2.75) is 18.9 Å². The molecule has 41 heavy (non-hydrogen) atoms. The summed E-state index contributed by atoms with van der Waals surface area (Å²) in [5.74, 6) is 2.46. The highest BCUT2D eigenvalue weighted by Gasteiger charge is 2.27. The second-order valence-electron chi connectivity index (χ2n) is 10.1. The van der Waals surface area contributed by atoms with Gasteiger partial charge in [-0.2, -0.15) is 0 Å². The zero-order chi connectivity index (χ0) is 27.6. The summed E-state index contributed by atoms with van der Waals surface area (Å²) in [4.78, 5) is 14.6. The van der Waals surface area contributed by atoms with Crippen molar-refractivity contribution in [3.63, 3.8) is 0 Å². The Hall–Kier alpha value is -5.44. The molecule has 0 saturated heterocycles. The Labute approximate surface area is 237 Å². The molecule has 0 unspecified atom stereocenters. The number of nitrogen functional groups attached to an aromatic ring is 1. The number of allylic oxidation sites excluding steroid dienone is 2. The molecule has 9 heteroatoms. The molecule has 6 aromatic rings. The number of H-pyrrole nitrogens is 1. The Morgan fingerprint density at radius 2 is 1.73 bits per heavy atom. The lowest BCUT2D eigenvalue weighted by atomic mass is 10.2. The molecule has 0 bridgehead atoms. The average molecular weight is 540 g/mol. The number of para-hydroxylation sites is 1. The highest BCUT2D eigenvalue weighted by molar-refractivity contribution is 5.83. The lowest BCUT2D eigenvalue weighted by molar-refractivity contribution is 0.743. The Balaban J connectivity index is 0.000000232. The van der Waals surface area contributed by atoms with E-state index in [0.29, 0.717) is 6.04 Å². The molecule has 202 valence electrons. The van der Waals surface area contributed by atoms with Crippen LogP contribution >= 0.6 is 0 Å². The number of aromatic nitrogens is 7. The lowest BCUT2D eigenvalue weighted by Crippen LogP contribution is -2.20. The van der Waals surface area contributed by atoms with Crippen molar-refractivity contribution in [2.75, 3.05) is 17.2 Å². The van der Waals surface area contributed by atoms with Gasteiger partial charge in [-0.05, 0) is 49.3 Å². The number of fused-ring (bicyclic) bond motifs is 1. The SMILES string of the molecule is C1=CN(c2cccc(-c3nncn3C3CC3)n2)CC=C1n1cnc(-c2ccccc2)c1.Nc1cc2ccccc2[nH]1. The summed E-state index contributed by atoms with van der Waals surface area (Å²) < 4.78 is 4.19. The van der Waals surface area contributed by atoms with Crippen LogP contribution in [0.15, 0.2) is 116 Å². The molecule has 0 amide bonds. The molecular formula is C32H29N9. The van der Waals surface area contributed by atoms with Crippen LogP contribution in [-0.4, -0.2) is 40.8 Å². The van der Waals surface area contributed by atoms with Gasteiger partial charge in [0.15, 0.2) is 5.82 Å². The summed E-state index contributed by atoms with van der Waals surface area (Å²) in [7, 11) is 0. The van der Waals surface area contributed by atoms with Crippen molar-refractivity contribution in [2.24, 2.45) is 0 Å². The van der Waals surface area contributed by atoms with E-state index in [4.69, 9.17) is 10.7 Å². The third-order valence-electron chi connectivity index (χ3n) is 7.19. The van der Waals surface area contributed by atoms with Gasteiger partial charge < -0.3 is 24.8 Å². The van der Waals surface area contributed by atoms with E-state index >= 15 is 0 Å². The number of hydrogen-bond acceptors (Lipinski definition) is 6. The Morgan fingerprint density at radius 3 is 2.54 bits per heavy atom. The molecule has 9 nitrogen and oxygen atoms in total. The van der Waals surface area contributed by atoms with E-state index in [0.717, 1.165) is 52.2 Å². The van der Waals surface area contributed by atoms with E-state index in [1.165, 1.54) is 18.2 Å². The zero-order valence-corrected chi connectivity index (χ0v) is 22.4. The quantitative estimate of drug-likeness (QED) is 0.272. The van der Waals surface area contributed by atoms with Gasteiger partial charge in [-0.3, -0.25) is 0 Å². The molecule has 8 rings (SSSR count). The van der Waals surface area contributed by atoms with Crippen LogP contribution in [0.3, 0.4) is 0 Å². The normalized spacial score (nSPS) is 14.5. The second kappa shape index (κ2) is 10.6. The van der Waals surface area contributed by atoms with Gasteiger partial charge >= 0.3 is 0 Å². The van der Waals surface area contributed by atoms with Gasteiger partial charge in [-0.25, -0.2) is 9.97 Å². The zero-order valence-electron chi connectivity index (χ0n) is 22.4. The maximum Gasteiger partial charge on any atom is 0.182 e. The van der Waals surface area contributed by atoms with Crippen LogP contribution in [0.2, 0.25) is 0 Å². The minimum atomic E-state index is 0.520. The van der Waals surface area contributed by atoms with Crippen LogP contribution in [0.4, 0.5) is 11.6 Å². The van der Waals surface area contributed by atoms with Crippen LogP contribution in [0, 0.1) is 0 Å². The molecule has 1 aliphatic carbocycles. The summed E-state index contributed by atoms with van der Waals surface area (Å²) in [6.45, 7) is 0.733. The van der Waals surface area contributed by atoms with Crippen molar-refractivity contribution < 1.29 is 0 Å². The number of rotatable bonds is 5. The number of aromatic amines is 1. The first-order chi connectivity index (χ1) is 20.2. The van der Waals surface area contributed by atoms with Gasteiger partial charge in [-0.15, -0.1) is 10.2 Å². The predicted molar refractivity (Wildman–Crippen MR) is 163 cm³/mol. The number of nitrogens with one attached hydrogen (secondary N) is 1. The predicted octanol–water partition coefficient (Wildman–Crippen LogP) is 6.16. The van der Waals surface area contributed by atoms with Gasteiger partial charge in [-0.1, -0.05) is 54.6 Å². The summed E-state index contributed by atoms with van der Waals surface area (Å²) >= 11 is 0. The minimum absolute atomic E-state index is 0.520. The number of nitrogens with zero attached hydrogens (tertiary/aromatic N) is 7. The smallest absolute Gasteiger partial charge is 0.182 e. The van der Waals surface area contributed by atoms with Crippen LogP contribution in [0.5, 0.6) is 0 Å². The molecule has 0 spiro atoms. The van der Waals surface area contributed by atoms with Crippen molar-refractivity contribution in [1.82, 2.24) is 34.3 Å². The molecule has 4 aromatic heterocycles. The molecule has 2 aliphatic rings. The summed E-state index contributed by atoms with van der Waals surface area (Å²) in [5.41, 5.74) is 10.7. The van der Waals surface area contributed by atoms with Gasteiger partial charge in [0.2, 0.25) is 0 Å². The third kappa shape index (κ3) is 5.25. The fourth-order valence-electron chi connectivity index (χ4n) is 4.92. The van der Waals surface area contributed by atoms with Crippen LogP contribution in [0.25, 0.3) is 39.4 Å². The maximum absolute atomic E-state index is 5.54. The first-order valence-corrected chi connectivity index (χ1v) is 13.7. The van der Waals surface area contributed by atoms with E-state index in [1.807, 2.05) is 79.4 Å². The molecule has 1 saturated carbocycles. The molecule has 2 aromatic carbocycles. The summed E-state index contributed by atoms with van der Waals surface area (Å²) in [6.07, 6.45) is 14.4. The first kappa shape index (κ1) is 24.6. The Kier molecular flexibility index (Phi) is 6.37. The minimum Gasteiger partial charge on any atom is -0.385 e. The monoisotopic (exact) mass is 539 g/mol. The highest BCUT2D eigenvalue weighted by Crippen LogP contribution is 2.37. The first-order valence-electron chi connectivity index (χ1n) is 13.7. The van der Waals surface area contributed by atoms with E-state index in [-0.39, 0.29) is 0 Å². The standard InChI is InChI=1S/C24H21N7.C8H8N2/c1-2-5-18(6-3-1)22-15-30(16-25-22)19-11-13-29(14-12-19)23-8-4-7-21(27-23)24-28-26-17-31(24)20-9-10-20;9-8-5-6-3-1-2-4-7(6)10-8/h1-8,11-13,15-17,20H,9-10,14H2;1-5,10H,9H2. The van der Waals surface area contributed by atoms with Gasteiger partial charge in [0.05, 0.1) is 12.0 Å². The van der Waals surface area contributed by atoms with E-state index in [2.05, 4.69) is 70.9 Å². The van der Waals surface area contributed by atoms with Crippen molar-refractivity contribution in [3.8, 4) is 22.8 Å². The van der Waals surface area contributed by atoms with Crippen molar-refractivity contribution in [3.05, 3.63) is 116 Å². The summed E-state index contributed by atoms with van der Waals surface area (Å²) in [5, 5.41) is 9.57. The fraction of sp³-hybridized carbons (Fsp3) is 0.125. The number of imidazole rings is 1. The van der Waals surface area contributed by atoms with Crippen LogP contribution in [-0.2, 0) is 0 Å².